The third kappa shape index (κ3) is 2.98. The Hall–Kier alpha value is -2.10. The van der Waals surface area contributed by atoms with Gasteiger partial charge in [-0.05, 0) is 36.5 Å². The van der Waals surface area contributed by atoms with Crippen molar-refractivity contribution in [3.05, 3.63) is 11.3 Å². The number of fused-ring (bicyclic) bond motifs is 1. The van der Waals surface area contributed by atoms with Crippen LogP contribution in [0.4, 0.5) is 24.9 Å². The van der Waals surface area contributed by atoms with Crippen molar-refractivity contribution in [2.45, 2.75) is 37.5 Å². The number of hydrogen-bond acceptors (Lipinski definition) is 6. The Kier molecular flexibility index (Phi) is 3.82. The summed E-state index contributed by atoms with van der Waals surface area (Å²) in [6.07, 6.45) is -3.62. The van der Waals surface area contributed by atoms with Crippen LogP contribution in [-0.4, -0.2) is 58.4 Å². The van der Waals surface area contributed by atoms with Crippen LogP contribution in [0.25, 0.3) is 0 Å². The molecule has 4 aliphatic rings. The van der Waals surface area contributed by atoms with E-state index in [4.69, 9.17) is 5.11 Å². The SMILES string of the molecule is O=C(O)CC1[C@H]2CN(c3nc(N4CC(O)C4)nc(C(F)(F)F)c3C3CC3)C[C@@H]12. The van der Waals surface area contributed by atoms with Crippen LogP contribution in [0.15, 0.2) is 0 Å². The monoisotopic (exact) mass is 398 g/mol. The van der Waals surface area contributed by atoms with Gasteiger partial charge >= 0.3 is 12.1 Å². The zero-order valence-corrected chi connectivity index (χ0v) is 15.1. The van der Waals surface area contributed by atoms with Crippen molar-refractivity contribution in [2.24, 2.45) is 17.8 Å². The van der Waals surface area contributed by atoms with Crippen LogP contribution in [0, 0.1) is 17.8 Å². The molecule has 0 bridgehead atoms. The van der Waals surface area contributed by atoms with Crippen LogP contribution in [0.1, 0.15) is 36.4 Å². The average Bonchev–Trinajstić information content (AvgIpc) is 3.48. The Bertz CT molecular complexity index is 811. The molecule has 0 radical (unpaired) electrons. The first kappa shape index (κ1) is 18.0. The minimum atomic E-state index is -4.57. The van der Waals surface area contributed by atoms with E-state index in [2.05, 4.69) is 9.97 Å². The molecule has 3 heterocycles. The van der Waals surface area contributed by atoms with Crippen molar-refractivity contribution in [1.82, 2.24) is 9.97 Å². The van der Waals surface area contributed by atoms with Gasteiger partial charge in [-0.15, -0.1) is 0 Å². The fraction of sp³-hybridized carbons (Fsp3) is 0.722. The largest absolute Gasteiger partial charge is 0.481 e. The average molecular weight is 398 g/mol. The van der Waals surface area contributed by atoms with Crippen LogP contribution in [0.2, 0.25) is 0 Å². The number of halogens is 3. The van der Waals surface area contributed by atoms with Gasteiger partial charge in [0.1, 0.15) is 5.82 Å². The van der Waals surface area contributed by atoms with E-state index in [0.29, 0.717) is 31.7 Å². The number of alkyl halides is 3. The highest BCUT2D eigenvalue weighted by molar-refractivity contribution is 5.68. The van der Waals surface area contributed by atoms with E-state index in [9.17, 15) is 23.1 Å². The Morgan fingerprint density at radius 3 is 2.21 bits per heavy atom. The molecule has 3 atom stereocenters. The third-order valence-electron chi connectivity index (χ3n) is 6.39. The lowest BCUT2D eigenvalue weighted by Crippen LogP contribution is -2.51. The first-order valence-corrected chi connectivity index (χ1v) is 9.61. The highest BCUT2D eigenvalue weighted by Gasteiger charge is 2.57. The van der Waals surface area contributed by atoms with E-state index in [1.54, 1.807) is 4.90 Å². The van der Waals surface area contributed by atoms with E-state index >= 15 is 0 Å². The maximum absolute atomic E-state index is 13.8. The third-order valence-corrected chi connectivity index (χ3v) is 6.39. The van der Waals surface area contributed by atoms with Gasteiger partial charge in [-0.3, -0.25) is 4.79 Å². The second kappa shape index (κ2) is 5.95. The van der Waals surface area contributed by atoms with Gasteiger partial charge in [0.15, 0.2) is 5.69 Å². The van der Waals surface area contributed by atoms with Gasteiger partial charge in [-0.1, -0.05) is 0 Å². The topological polar surface area (TPSA) is 89.8 Å². The van der Waals surface area contributed by atoms with Crippen molar-refractivity contribution in [1.29, 1.82) is 0 Å². The molecule has 1 aromatic heterocycles. The summed E-state index contributed by atoms with van der Waals surface area (Å²) in [6.45, 7) is 1.54. The number of hydrogen-bond donors (Lipinski definition) is 2. The van der Waals surface area contributed by atoms with Crippen molar-refractivity contribution >= 4 is 17.7 Å². The Labute approximate surface area is 159 Å². The Morgan fingerprint density at radius 2 is 1.71 bits per heavy atom. The number of aliphatic carboxylic acids is 1. The number of piperidine rings is 1. The number of nitrogens with zero attached hydrogens (tertiary/aromatic N) is 4. The number of aliphatic hydroxyl groups excluding tert-OH is 1. The number of aliphatic hydroxyl groups is 1. The molecule has 2 aliphatic carbocycles. The molecule has 0 spiro atoms. The van der Waals surface area contributed by atoms with Gasteiger partial charge in [0.25, 0.3) is 0 Å². The van der Waals surface area contributed by atoms with Gasteiger partial charge in [-0.2, -0.15) is 18.2 Å². The molecular weight excluding hydrogens is 377 g/mol. The Balaban J connectivity index is 1.48. The lowest BCUT2D eigenvalue weighted by molar-refractivity contribution is -0.142. The molecule has 2 saturated heterocycles. The van der Waals surface area contributed by atoms with Gasteiger partial charge in [-0.25, -0.2) is 4.98 Å². The zero-order valence-electron chi connectivity index (χ0n) is 15.1. The van der Waals surface area contributed by atoms with Crippen molar-refractivity contribution in [3.63, 3.8) is 0 Å². The zero-order chi connectivity index (χ0) is 19.8. The summed E-state index contributed by atoms with van der Waals surface area (Å²) in [6, 6.07) is 0. The number of aromatic nitrogens is 2. The molecule has 1 unspecified atom stereocenters. The van der Waals surface area contributed by atoms with Crippen molar-refractivity contribution < 1.29 is 28.2 Å². The van der Waals surface area contributed by atoms with Crippen molar-refractivity contribution in [3.8, 4) is 0 Å². The number of carbonyl (C=O) groups is 1. The van der Waals surface area contributed by atoms with Gasteiger partial charge < -0.3 is 20.0 Å². The summed E-state index contributed by atoms with van der Waals surface area (Å²) in [5, 5.41) is 18.5. The fourth-order valence-corrected chi connectivity index (χ4v) is 4.74. The highest BCUT2D eigenvalue weighted by Crippen LogP contribution is 2.56. The fourth-order valence-electron chi connectivity index (χ4n) is 4.74. The molecule has 2 aliphatic heterocycles. The van der Waals surface area contributed by atoms with E-state index in [-0.39, 0.29) is 54.7 Å². The molecule has 0 amide bonds. The smallest absolute Gasteiger partial charge is 0.433 e. The maximum Gasteiger partial charge on any atom is 0.433 e. The van der Waals surface area contributed by atoms with E-state index in [1.165, 1.54) is 0 Å². The molecule has 152 valence electrons. The second-order valence-electron chi connectivity index (χ2n) is 8.43. The predicted molar refractivity (Wildman–Crippen MR) is 92.2 cm³/mol. The first-order chi connectivity index (χ1) is 13.2. The summed E-state index contributed by atoms with van der Waals surface area (Å²) in [4.78, 5) is 22.7. The van der Waals surface area contributed by atoms with Crippen LogP contribution < -0.4 is 9.80 Å². The van der Waals surface area contributed by atoms with Crippen LogP contribution >= 0.6 is 0 Å². The van der Waals surface area contributed by atoms with Crippen molar-refractivity contribution in [2.75, 3.05) is 36.0 Å². The van der Waals surface area contributed by atoms with Crippen LogP contribution in [0.5, 0.6) is 0 Å². The summed E-state index contributed by atoms with van der Waals surface area (Å²) in [7, 11) is 0. The summed E-state index contributed by atoms with van der Waals surface area (Å²) < 4.78 is 41.4. The molecule has 0 aromatic carbocycles. The molecule has 28 heavy (non-hydrogen) atoms. The molecule has 10 heteroatoms. The molecule has 2 N–H and O–H groups in total. The number of carboxylic acids is 1. The van der Waals surface area contributed by atoms with E-state index in [0.717, 1.165) is 0 Å². The standard InChI is InChI=1S/C18H21F3N4O3/c19-18(20,21)15-14(8-1-2-8)16(23-17(22-15)25-4-9(26)5-25)24-6-11-10(3-13(27)28)12(11)7-24/h8-12,26H,1-7H2,(H,27,28)/t10?,11-,12+. The number of β-amino-alcohol motifs (C(OH)–C–C–N with tert-alkyl or cyclic N) is 1. The summed E-state index contributed by atoms with van der Waals surface area (Å²) in [5.41, 5.74) is -0.674. The number of rotatable bonds is 5. The summed E-state index contributed by atoms with van der Waals surface area (Å²) in [5.74, 6) is -0.100. The normalized spacial score (nSPS) is 29.6. The molecule has 1 aromatic rings. The quantitative estimate of drug-likeness (QED) is 0.781. The minimum absolute atomic E-state index is 0.0136. The number of anilines is 2. The van der Waals surface area contributed by atoms with Crippen LogP contribution in [0.3, 0.4) is 0 Å². The van der Waals surface area contributed by atoms with E-state index in [1.807, 2.05) is 4.90 Å². The minimum Gasteiger partial charge on any atom is -0.481 e. The first-order valence-electron chi connectivity index (χ1n) is 9.61. The summed E-state index contributed by atoms with van der Waals surface area (Å²) >= 11 is 0. The van der Waals surface area contributed by atoms with Gasteiger partial charge in [0, 0.05) is 38.2 Å². The number of carboxylic acid groups (broad SMARTS) is 1. The molecule has 2 saturated carbocycles. The molecule has 4 fully saturated rings. The van der Waals surface area contributed by atoms with E-state index < -0.39 is 23.9 Å². The molecule has 7 nitrogen and oxygen atoms in total. The maximum atomic E-state index is 13.8. The lowest BCUT2D eigenvalue weighted by Gasteiger charge is -2.37. The lowest BCUT2D eigenvalue weighted by atomic mass is 10.1. The second-order valence-corrected chi connectivity index (χ2v) is 8.43. The predicted octanol–water partition coefficient (Wildman–Crippen LogP) is 1.71. The molecular formula is C18H21F3N4O3. The highest BCUT2D eigenvalue weighted by atomic mass is 19.4. The van der Waals surface area contributed by atoms with Crippen LogP contribution in [-0.2, 0) is 11.0 Å². The molecule has 5 rings (SSSR count). The van der Waals surface area contributed by atoms with Gasteiger partial charge in [0.2, 0.25) is 5.95 Å². The van der Waals surface area contributed by atoms with Gasteiger partial charge in [0.05, 0.1) is 6.10 Å². The Morgan fingerprint density at radius 1 is 1.07 bits per heavy atom.